The number of oxime groups is 1. The number of hydrogen-bond donors (Lipinski definition) is 0. The summed E-state index contributed by atoms with van der Waals surface area (Å²) in [7, 11) is 0. The van der Waals surface area contributed by atoms with Gasteiger partial charge >= 0.3 is 0 Å². The molecule has 0 aromatic heterocycles. The fourth-order valence-electron chi connectivity index (χ4n) is 0.558. The highest BCUT2D eigenvalue weighted by Crippen LogP contribution is 1.90. The van der Waals surface area contributed by atoms with E-state index in [1.54, 1.807) is 6.21 Å². The van der Waals surface area contributed by atoms with Gasteiger partial charge in [-0.2, -0.15) is 0 Å². The standard InChI is InChI=1S/C9H15NO/c1-3-5-7-8-10-11-9-6-4-2/h2,8H,3,5-7,9H2,1H3. The monoisotopic (exact) mass is 153 g/mol. The first kappa shape index (κ1) is 10.0. The van der Waals surface area contributed by atoms with E-state index in [4.69, 9.17) is 11.3 Å². The molecule has 0 bridgehead atoms. The van der Waals surface area contributed by atoms with Crippen molar-refractivity contribution in [3.63, 3.8) is 0 Å². The van der Waals surface area contributed by atoms with Crippen molar-refractivity contribution in [2.24, 2.45) is 5.16 Å². The summed E-state index contributed by atoms with van der Waals surface area (Å²) < 4.78 is 0. The van der Waals surface area contributed by atoms with Crippen LogP contribution in [0.25, 0.3) is 0 Å². The largest absolute Gasteiger partial charge is 0.395 e. The molecule has 0 atom stereocenters. The first-order valence-electron chi connectivity index (χ1n) is 3.99. The number of hydrogen-bond acceptors (Lipinski definition) is 2. The molecular weight excluding hydrogens is 138 g/mol. The molecule has 0 aromatic rings. The van der Waals surface area contributed by atoms with Gasteiger partial charge in [-0.25, -0.2) is 0 Å². The fourth-order valence-corrected chi connectivity index (χ4v) is 0.558. The molecule has 0 heterocycles. The molecule has 0 saturated carbocycles. The van der Waals surface area contributed by atoms with Crippen molar-refractivity contribution in [3.8, 4) is 12.3 Å². The molecule has 11 heavy (non-hydrogen) atoms. The second kappa shape index (κ2) is 9.03. The van der Waals surface area contributed by atoms with Crippen molar-refractivity contribution >= 4 is 6.21 Å². The maximum Gasteiger partial charge on any atom is 0.128 e. The summed E-state index contributed by atoms with van der Waals surface area (Å²) in [5, 5.41) is 3.73. The normalized spacial score (nSPS) is 9.82. The fraction of sp³-hybridized carbons (Fsp3) is 0.667. The second-order valence-corrected chi connectivity index (χ2v) is 2.22. The molecule has 0 radical (unpaired) electrons. The average molecular weight is 153 g/mol. The van der Waals surface area contributed by atoms with Crippen LogP contribution in [0.1, 0.15) is 32.6 Å². The van der Waals surface area contributed by atoms with E-state index in [1.165, 1.54) is 12.8 Å². The van der Waals surface area contributed by atoms with Crippen molar-refractivity contribution in [3.05, 3.63) is 0 Å². The van der Waals surface area contributed by atoms with Gasteiger partial charge in [0.1, 0.15) is 6.61 Å². The maximum atomic E-state index is 5.01. The SMILES string of the molecule is C#CCCON=CCCCC. The quantitative estimate of drug-likeness (QED) is 0.248. The van der Waals surface area contributed by atoms with Gasteiger partial charge in [-0.3, -0.25) is 0 Å². The van der Waals surface area contributed by atoms with Crippen LogP contribution in [-0.2, 0) is 4.84 Å². The molecule has 62 valence electrons. The molecular formula is C9H15NO. The summed E-state index contributed by atoms with van der Waals surface area (Å²) in [6.07, 6.45) is 10.8. The van der Waals surface area contributed by atoms with Gasteiger partial charge in [0, 0.05) is 12.6 Å². The van der Waals surface area contributed by atoms with Crippen LogP contribution in [0.2, 0.25) is 0 Å². The molecule has 0 unspecified atom stereocenters. The molecule has 0 saturated heterocycles. The Hall–Kier alpha value is -0.970. The van der Waals surface area contributed by atoms with Crippen LogP contribution in [0.4, 0.5) is 0 Å². The Balaban J connectivity index is 2.98. The van der Waals surface area contributed by atoms with Crippen LogP contribution in [0.3, 0.4) is 0 Å². The molecule has 0 aliphatic carbocycles. The highest BCUT2D eigenvalue weighted by Gasteiger charge is 1.80. The molecule has 0 amide bonds. The lowest BCUT2D eigenvalue weighted by Gasteiger charge is -1.92. The molecule has 2 nitrogen and oxygen atoms in total. The molecule has 0 rings (SSSR count). The number of nitrogens with zero attached hydrogens (tertiary/aromatic N) is 1. The predicted molar refractivity (Wildman–Crippen MR) is 47.4 cm³/mol. The predicted octanol–water partition coefficient (Wildman–Crippen LogP) is 2.20. The summed E-state index contributed by atoms with van der Waals surface area (Å²) in [6.45, 7) is 2.67. The average Bonchev–Trinajstić information content (AvgIpc) is 2.03. The van der Waals surface area contributed by atoms with Crippen LogP contribution in [0.5, 0.6) is 0 Å². The second-order valence-electron chi connectivity index (χ2n) is 2.22. The van der Waals surface area contributed by atoms with Gasteiger partial charge in [0.05, 0.1) is 0 Å². The highest BCUT2D eigenvalue weighted by molar-refractivity contribution is 5.55. The third-order valence-corrected chi connectivity index (χ3v) is 1.17. The Labute approximate surface area is 68.6 Å². The number of unbranched alkanes of at least 4 members (excludes halogenated alkanes) is 2. The van der Waals surface area contributed by atoms with Crippen LogP contribution in [0.15, 0.2) is 5.16 Å². The zero-order valence-corrected chi connectivity index (χ0v) is 7.05. The summed E-state index contributed by atoms with van der Waals surface area (Å²) in [6, 6.07) is 0. The van der Waals surface area contributed by atoms with Gasteiger partial charge in [0.2, 0.25) is 0 Å². The van der Waals surface area contributed by atoms with E-state index in [9.17, 15) is 0 Å². The van der Waals surface area contributed by atoms with E-state index in [2.05, 4.69) is 18.0 Å². The van der Waals surface area contributed by atoms with Crippen LogP contribution in [-0.4, -0.2) is 12.8 Å². The minimum Gasteiger partial charge on any atom is -0.395 e. The molecule has 2 heteroatoms. The van der Waals surface area contributed by atoms with Gasteiger partial charge in [-0.05, 0) is 12.8 Å². The lowest BCUT2D eigenvalue weighted by molar-refractivity contribution is 0.151. The Morgan fingerprint density at radius 2 is 2.45 bits per heavy atom. The smallest absolute Gasteiger partial charge is 0.128 e. The van der Waals surface area contributed by atoms with Crippen molar-refractivity contribution in [2.75, 3.05) is 6.61 Å². The minimum absolute atomic E-state index is 0.527. The van der Waals surface area contributed by atoms with Gasteiger partial charge in [-0.15, -0.1) is 12.3 Å². The van der Waals surface area contributed by atoms with Gasteiger partial charge in [-0.1, -0.05) is 18.5 Å². The Bertz CT molecular complexity index is 135. The van der Waals surface area contributed by atoms with Gasteiger partial charge in [0.15, 0.2) is 0 Å². The van der Waals surface area contributed by atoms with Gasteiger partial charge in [0.25, 0.3) is 0 Å². The summed E-state index contributed by atoms with van der Waals surface area (Å²) in [5.74, 6) is 2.47. The lowest BCUT2D eigenvalue weighted by atomic mass is 10.3. The van der Waals surface area contributed by atoms with Crippen molar-refractivity contribution in [1.29, 1.82) is 0 Å². The number of rotatable bonds is 6. The molecule has 0 aliphatic heterocycles. The Morgan fingerprint density at radius 1 is 1.64 bits per heavy atom. The van der Waals surface area contributed by atoms with Crippen LogP contribution >= 0.6 is 0 Å². The van der Waals surface area contributed by atoms with E-state index in [-0.39, 0.29) is 0 Å². The number of terminal acetylenes is 1. The molecule has 0 fully saturated rings. The first-order valence-corrected chi connectivity index (χ1v) is 3.99. The Kier molecular flexibility index (Phi) is 8.23. The highest BCUT2D eigenvalue weighted by atomic mass is 16.6. The van der Waals surface area contributed by atoms with Crippen molar-refractivity contribution in [2.45, 2.75) is 32.6 Å². The molecule has 0 spiro atoms. The van der Waals surface area contributed by atoms with Gasteiger partial charge < -0.3 is 4.84 Å². The van der Waals surface area contributed by atoms with Crippen molar-refractivity contribution < 1.29 is 4.84 Å². The van der Waals surface area contributed by atoms with E-state index >= 15 is 0 Å². The van der Waals surface area contributed by atoms with E-state index < -0.39 is 0 Å². The molecule has 0 aromatic carbocycles. The summed E-state index contributed by atoms with van der Waals surface area (Å²) >= 11 is 0. The summed E-state index contributed by atoms with van der Waals surface area (Å²) in [4.78, 5) is 4.85. The zero-order chi connectivity index (χ0) is 8.36. The first-order chi connectivity index (χ1) is 5.41. The van der Waals surface area contributed by atoms with Crippen LogP contribution < -0.4 is 0 Å². The molecule has 0 N–H and O–H groups in total. The topological polar surface area (TPSA) is 21.6 Å². The zero-order valence-electron chi connectivity index (χ0n) is 7.05. The van der Waals surface area contributed by atoms with E-state index in [1.807, 2.05) is 0 Å². The maximum absolute atomic E-state index is 5.01. The summed E-state index contributed by atoms with van der Waals surface area (Å²) in [5.41, 5.74) is 0. The minimum atomic E-state index is 0.527. The van der Waals surface area contributed by atoms with E-state index in [0.29, 0.717) is 13.0 Å². The third-order valence-electron chi connectivity index (χ3n) is 1.17. The molecule has 0 aliphatic rings. The van der Waals surface area contributed by atoms with E-state index in [0.717, 1.165) is 6.42 Å². The van der Waals surface area contributed by atoms with Crippen molar-refractivity contribution in [1.82, 2.24) is 0 Å². The third kappa shape index (κ3) is 9.03. The van der Waals surface area contributed by atoms with Crippen LogP contribution in [0, 0.1) is 12.3 Å². The lowest BCUT2D eigenvalue weighted by Crippen LogP contribution is -1.85. The Morgan fingerprint density at radius 3 is 3.09 bits per heavy atom.